The highest BCUT2D eigenvalue weighted by Gasteiger charge is 2.33. The molecule has 178 valence electrons. The number of carbonyl (C=O) groups excluding carboxylic acids is 1. The van der Waals surface area contributed by atoms with E-state index in [9.17, 15) is 4.79 Å². The molecule has 4 aromatic rings. The maximum atomic E-state index is 12.5. The van der Waals surface area contributed by atoms with Gasteiger partial charge in [0.2, 0.25) is 5.95 Å². The van der Waals surface area contributed by atoms with Gasteiger partial charge >= 0.3 is 0 Å². The van der Waals surface area contributed by atoms with Crippen LogP contribution in [0.1, 0.15) is 29.6 Å². The normalized spacial score (nSPS) is 16.6. The molecule has 5 rings (SSSR count). The van der Waals surface area contributed by atoms with Crippen molar-refractivity contribution in [2.75, 3.05) is 24.4 Å². The number of benzene rings is 3. The van der Waals surface area contributed by atoms with E-state index >= 15 is 0 Å². The lowest BCUT2D eigenvalue weighted by Gasteiger charge is -2.32. The van der Waals surface area contributed by atoms with E-state index < -0.39 is 0 Å². The average Bonchev–Trinajstić information content (AvgIpc) is 3.30. The Morgan fingerprint density at radius 2 is 1.83 bits per heavy atom. The smallest absolute Gasteiger partial charge is 0.264 e. The summed E-state index contributed by atoms with van der Waals surface area (Å²) < 4.78 is 12.9. The minimum Gasteiger partial charge on any atom is -0.496 e. The SMILES string of the molecule is COc1ccccc1[C@H]1C[C@H](c2ccc(Cl)cc2)Nc2nc(NC(=O)COc3ccccc3)nn21. The second kappa shape index (κ2) is 10.1. The molecule has 0 saturated carbocycles. The molecule has 0 fully saturated rings. The van der Waals surface area contributed by atoms with Crippen LogP contribution in [0.2, 0.25) is 5.02 Å². The summed E-state index contributed by atoms with van der Waals surface area (Å²) in [4.78, 5) is 17.0. The van der Waals surface area contributed by atoms with Gasteiger partial charge in [0.1, 0.15) is 11.5 Å². The molecule has 0 radical (unpaired) electrons. The molecule has 0 aliphatic carbocycles. The Morgan fingerprint density at radius 1 is 1.09 bits per heavy atom. The quantitative estimate of drug-likeness (QED) is 0.375. The predicted octanol–water partition coefficient (Wildman–Crippen LogP) is 5.10. The summed E-state index contributed by atoms with van der Waals surface area (Å²) in [7, 11) is 1.65. The number of fused-ring (bicyclic) bond motifs is 1. The highest BCUT2D eigenvalue weighted by atomic mass is 35.5. The summed E-state index contributed by atoms with van der Waals surface area (Å²) in [6.45, 7) is -0.148. The van der Waals surface area contributed by atoms with Crippen LogP contribution in [0, 0.1) is 0 Å². The zero-order valence-corrected chi connectivity index (χ0v) is 19.8. The highest BCUT2D eigenvalue weighted by Crippen LogP contribution is 2.41. The minimum atomic E-state index is -0.347. The van der Waals surface area contributed by atoms with Gasteiger partial charge in [-0.3, -0.25) is 10.1 Å². The van der Waals surface area contributed by atoms with Gasteiger partial charge in [-0.2, -0.15) is 4.98 Å². The second-order valence-electron chi connectivity index (χ2n) is 8.10. The van der Waals surface area contributed by atoms with Crippen LogP contribution >= 0.6 is 11.6 Å². The van der Waals surface area contributed by atoms with Crippen molar-refractivity contribution in [2.45, 2.75) is 18.5 Å². The summed E-state index contributed by atoms with van der Waals surface area (Å²) >= 11 is 6.10. The van der Waals surface area contributed by atoms with Crippen LogP contribution in [-0.4, -0.2) is 34.4 Å². The fraction of sp³-hybridized carbons (Fsp3) is 0.192. The lowest BCUT2D eigenvalue weighted by molar-refractivity contribution is -0.118. The highest BCUT2D eigenvalue weighted by molar-refractivity contribution is 6.30. The summed E-state index contributed by atoms with van der Waals surface area (Å²) in [5.41, 5.74) is 2.05. The molecule has 35 heavy (non-hydrogen) atoms. The maximum absolute atomic E-state index is 12.5. The van der Waals surface area contributed by atoms with Crippen molar-refractivity contribution in [3.05, 3.63) is 95.0 Å². The molecule has 2 N–H and O–H groups in total. The Kier molecular flexibility index (Phi) is 6.54. The van der Waals surface area contributed by atoms with Gasteiger partial charge in [0.15, 0.2) is 6.61 Å². The van der Waals surface area contributed by atoms with E-state index in [1.54, 1.807) is 23.9 Å². The van der Waals surface area contributed by atoms with Gasteiger partial charge in [0.25, 0.3) is 11.9 Å². The van der Waals surface area contributed by atoms with Gasteiger partial charge in [0.05, 0.1) is 19.2 Å². The number of nitrogens with one attached hydrogen (secondary N) is 2. The third-order valence-corrected chi connectivity index (χ3v) is 6.08. The first-order chi connectivity index (χ1) is 17.1. The Morgan fingerprint density at radius 3 is 2.60 bits per heavy atom. The standard InChI is InChI=1S/C26H24ClN5O3/c1-34-23-10-6-5-9-20(23)22-15-21(17-11-13-18(27)14-12-17)28-26-30-25(31-32(22)26)29-24(33)16-35-19-7-3-2-4-8-19/h2-14,21-22H,15-16H2,1H3,(H2,28,29,30,31,33)/t21-,22-/m1/s1. The van der Waals surface area contributed by atoms with Crippen molar-refractivity contribution >= 4 is 29.4 Å². The number of hydrogen-bond donors (Lipinski definition) is 2. The zero-order chi connectivity index (χ0) is 24.2. The summed E-state index contributed by atoms with van der Waals surface area (Å²) in [6.07, 6.45) is 0.697. The van der Waals surface area contributed by atoms with E-state index in [4.69, 9.17) is 21.1 Å². The number of nitrogens with zero attached hydrogens (tertiary/aromatic N) is 3. The van der Waals surface area contributed by atoms with E-state index in [1.165, 1.54) is 0 Å². The molecule has 3 aromatic carbocycles. The summed E-state index contributed by atoms with van der Waals surface area (Å²) in [5, 5.41) is 11.5. The van der Waals surface area contributed by atoms with E-state index in [2.05, 4.69) is 20.7 Å². The maximum Gasteiger partial charge on any atom is 0.264 e. The van der Waals surface area contributed by atoms with Gasteiger partial charge in [-0.1, -0.05) is 60.1 Å². The molecule has 0 saturated heterocycles. The molecule has 1 aromatic heterocycles. The Bertz CT molecular complexity index is 1310. The minimum absolute atomic E-state index is 0.0381. The van der Waals surface area contributed by atoms with Crippen molar-refractivity contribution in [3.63, 3.8) is 0 Å². The van der Waals surface area contributed by atoms with E-state index in [1.807, 2.05) is 66.7 Å². The van der Waals surface area contributed by atoms with Crippen LogP contribution in [0.25, 0.3) is 0 Å². The molecule has 0 spiro atoms. The van der Waals surface area contributed by atoms with Crippen molar-refractivity contribution in [1.29, 1.82) is 0 Å². The second-order valence-corrected chi connectivity index (χ2v) is 8.53. The van der Waals surface area contributed by atoms with E-state index in [0.717, 1.165) is 16.9 Å². The number of amides is 1. The molecular formula is C26H24ClN5O3. The Labute approximate surface area is 207 Å². The van der Waals surface area contributed by atoms with Crippen LogP contribution in [0.5, 0.6) is 11.5 Å². The lowest BCUT2D eigenvalue weighted by atomic mass is 9.93. The molecule has 1 aliphatic heterocycles. The van der Waals surface area contributed by atoms with Crippen molar-refractivity contribution in [1.82, 2.24) is 14.8 Å². The molecule has 2 atom stereocenters. The zero-order valence-electron chi connectivity index (χ0n) is 19.0. The first kappa shape index (κ1) is 22.7. The molecule has 0 unspecified atom stereocenters. The first-order valence-corrected chi connectivity index (χ1v) is 11.6. The van der Waals surface area contributed by atoms with Crippen LogP contribution in [-0.2, 0) is 4.79 Å². The number of rotatable bonds is 7. The molecule has 9 heteroatoms. The number of hydrogen-bond acceptors (Lipinski definition) is 6. The molecular weight excluding hydrogens is 466 g/mol. The number of ether oxygens (including phenoxy) is 2. The summed E-state index contributed by atoms with van der Waals surface area (Å²) in [5.74, 6) is 1.78. The van der Waals surface area contributed by atoms with Gasteiger partial charge in [0, 0.05) is 10.6 Å². The molecule has 0 bridgehead atoms. The van der Waals surface area contributed by atoms with Gasteiger partial charge in [-0.25, -0.2) is 4.68 Å². The fourth-order valence-corrected chi connectivity index (χ4v) is 4.30. The van der Waals surface area contributed by atoms with Crippen LogP contribution in [0.3, 0.4) is 0 Å². The number of halogens is 1. The number of carbonyl (C=O) groups is 1. The number of methoxy groups -OCH3 is 1. The molecule has 8 nitrogen and oxygen atoms in total. The Balaban J connectivity index is 1.41. The van der Waals surface area contributed by atoms with E-state index in [0.29, 0.717) is 23.1 Å². The number of para-hydroxylation sites is 2. The Hall–Kier alpha value is -4.04. The van der Waals surface area contributed by atoms with Crippen molar-refractivity contribution < 1.29 is 14.3 Å². The molecule has 1 aliphatic rings. The third-order valence-electron chi connectivity index (χ3n) is 5.82. The van der Waals surface area contributed by atoms with E-state index in [-0.39, 0.29) is 30.5 Å². The topological polar surface area (TPSA) is 90.3 Å². The third kappa shape index (κ3) is 5.07. The number of anilines is 2. The summed E-state index contributed by atoms with van der Waals surface area (Å²) in [6, 6.07) is 24.5. The number of aromatic nitrogens is 3. The van der Waals surface area contributed by atoms with Crippen LogP contribution < -0.4 is 20.1 Å². The average molecular weight is 490 g/mol. The van der Waals surface area contributed by atoms with Gasteiger partial charge in [-0.05, 0) is 42.3 Å². The lowest BCUT2D eigenvalue weighted by Crippen LogP contribution is -2.28. The monoisotopic (exact) mass is 489 g/mol. The largest absolute Gasteiger partial charge is 0.496 e. The molecule has 1 amide bonds. The van der Waals surface area contributed by atoms with Gasteiger partial charge in [-0.15, -0.1) is 5.10 Å². The van der Waals surface area contributed by atoms with Crippen LogP contribution in [0.15, 0.2) is 78.9 Å². The fourth-order valence-electron chi connectivity index (χ4n) is 4.17. The van der Waals surface area contributed by atoms with Crippen LogP contribution in [0.4, 0.5) is 11.9 Å². The predicted molar refractivity (Wildman–Crippen MR) is 134 cm³/mol. The van der Waals surface area contributed by atoms with Crippen molar-refractivity contribution in [2.24, 2.45) is 0 Å². The molecule has 2 heterocycles. The van der Waals surface area contributed by atoms with Gasteiger partial charge < -0.3 is 14.8 Å². The van der Waals surface area contributed by atoms with Crippen molar-refractivity contribution in [3.8, 4) is 11.5 Å². The first-order valence-electron chi connectivity index (χ1n) is 11.2.